The van der Waals surface area contributed by atoms with Crippen molar-refractivity contribution >= 4 is 23.5 Å². The van der Waals surface area contributed by atoms with Gasteiger partial charge in [-0.3, -0.25) is 5.10 Å². The highest BCUT2D eigenvalue weighted by Crippen LogP contribution is 2.32. The standard InChI is InChI=1S/C5H4F3N3S/c6-5(7,8)3-1-10-11-4(3)9-2-12/h1-2H,(H2,9,10,11,12). The molecule has 0 aliphatic heterocycles. The molecule has 1 aromatic heterocycles. The number of anilines is 1. The van der Waals surface area contributed by atoms with Gasteiger partial charge in [0, 0.05) is 0 Å². The SMILES string of the molecule is FC(F)(F)c1cn[nH]c1NC=S. The van der Waals surface area contributed by atoms with Gasteiger partial charge in [-0.2, -0.15) is 18.3 Å². The van der Waals surface area contributed by atoms with Crippen molar-refractivity contribution < 1.29 is 13.2 Å². The van der Waals surface area contributed by atoms with E-state index in [-0.39, 0.29) is 5.82 Å². The predicted octanol–water partition coefficient (Wildman–Crippen LogP) is 1.80. The molecule has 7 heteroatoms. The minimum absolute atomic E-state index is 0.238. The molecule has 0 aliphatic rings. The maximum Gasteiger partial charge on any atom is 0.421 e. The third kappa shape index (κ3) is 1.73. The fourth-order valence-corrected chi connectivity index (χ4v) is 0.788. The number of nitrogens with one attached hydrogen (secondary N) is 2. The number of hydrogen-bond acceptors (Lipinski definition) is 2. The van der Waals surface area contributed by atoms with Crippen molar-refractivity contribution in [3.63, 3.8) is 0 Å². The lowest BCUT2D eigenvalue weighted by Crippen LogP contribution is -2.07. The summed E-state index contributed by atoms with van der Waals surface area (Å²) >= 11 is 4.33. The Kier molecular flexibility index (Phi) is 2.32. The van der Waals surface area contributed by atoms with Crippen LogP contribution in [0, 0.1) is 0 Å². The Bertz CT molecular complexity index is 280. The van der Waals surface area contributed by atoms with Crippen LogP contribution in [0.15, 0.2) is 6.20 Å². The second-order valence-corrected chi connectivity index (χ2v) is 2.15. The van der Waals surface area contributed by atoms with Crippen LogP contribution in [0.25, 0.3) is 0 Å². The van der Waals surface area contributed by atoms with Crippen molar-refractivity contribution in [2.24, 2.45) is 0 Å². The Morgan fingerprint density at radius 2 is 2.25 bits per heavy atom. The van der Waals surface area contributed by atoms with Crippen LogP contribution < -0.4 is 5.32 Å². The van der Waals surface area contributed by atoms with Crippen molar-refractivity contribution in [1.29, 1.82) is 0 Å². The zero-order valence-corrected chi connectivity index (χ0v) is 6.46. The molecule has 0 aliphatic carbocycles. The Hall–Kier alpha value is -1.11. The van der Waals surface area contributed by atoms with E-state index >= 15 is 0 Å². The van der Waals surface area contributed by atoms with Crippen LogP contribution in [0.2, 0.25) is 0 Å². The lowest BCUT2D eigenvalue weighted by molar-refractivity contribution is -0.136. The monoisotopic (exact) mass is 195 g/mol. The first-order valence-corrected chi connectivity index (χ1v) is 3.33. The van der Waals surface area contributed by atoms with Crippen molar-refractivity contribution in [2.75, 3.05) is 5.32 Å². The summed E-state index contributed by atoms with van der Waals surface area (Å²) < 4.78 is 36.2. The highest BCUT2D eigenvalue weighted by molar-refractivity contribution is 7.79. The number of alkyl halides is 3. The van der Waals surface area contributed by atoms with Crippen molar-refractivity contribution in [3.05, 3.63) is 11.8 Å². The Balaban J connectivity index is 2.99. The minimum Gasteiger partial charge on any atom is -0.337 e. The highest BCUT2D eigenvalue weighted by atomic mass is 32.1. The Morgan fingerprint density at radius 3 is 2.75 bits per heavy atom. The number of halogens is 3. The van der Waals surface area contributed by atoms with Gasteiger partial charge in [0.05, 0.1) is 11.7 Å². The van der Waals surface area contributed by atoms with Crippen LogP contribution in [-0.4, -0.2) is 15.7 Å². The average molecular weight is 195 g/mol. The molecule has 0 fully saturated rings. The molecule has 2 N–H and O–H groups in total. The van der Waals surface area contributed by atoms with E-state index in [2.05, 4.69) is 27.7 Å². The average Bonchev–Trinajstić information content (AvgIpc) is 2.34. The molecule has 0 atom stereocenters. The Labute approximate surface area is 71.0 Å². The molecule has 1 heterocycles. The van der Waals surface area contributed by atoms with Gasteiger partial charge in [0.2, 0.25) is 0 Å². The van der Waals surface area contributed by atoms with Gasteiger partial charge in [0.15, 0.2) is 0 Å². The maximum atomic E-state index is 12.1. The van der Waals surface area contributed by atoms with E-state index in [1.165, 1.54) is 0 Å². The zero-order chi connectivity index (χ0) is 9.19. The molecule has 0 bridgehead atoms. The van der Waals surface area contributed by atoms with Gasteiger partial charge in [-0.15, -0.1) is 0 Å². The molecule has 3 nitrogen and oxygen atoms in total. The van der Waals surface area contributed by atoms with Gasteiger partial charge < -0.3 is 5.32 Å². The highest BCUT2D eigenvalue weighted by Gasteiger charge is 2.34. The smallest absolute Gasteiger partial charge is 0.337 e. The van der Waals surface area contributed by atoms with Crippen LogP contribution >= 0.6 is 12.2 Å². The number of rotatable bonds is 2. The van der Waals surface area contributed by atoms with Gasteiger partial charge >= 0.3 is 6.18 Å². The van der Waals surface area contributed by atoms with Crippen LogP contribution in [0.5, 0.6) is 0 Å². The molecule has 66 valence electrons. The Morgan fingerprint density at radius 1 is 1.58 bits per heavy atom. The predicted molar refractivity (Wildman–Crippen MR) is 40.9 cm³/mol. The summed E-state index contributed by atoms with van der Waals surface area (Å²) in [6.07, 6.45) is -3.71. The molecule has 0 spiro atoms. The van der Waals surface area contributed by atoms with E-state index in [1.54, 1.807) is 0 Å². The molecule has 0 aromatic carbocycles. The molecule has 0 unspecified atom stereocenters. The second kappa shape index (κ2) is 3.10. The van der Waals surface area contributed by atoms with E-state index in [4.69, 9.17) is 0 Å². The summed E-state index contributed by atoms with van der Waals surface area (Å²) in [4.78, 5) is 0. The van der Waals surface area contributed by atoms with E-state index in [0.29, 0.717) is 6.20 Å². The van der Waals surface area contributed by atoms with E-state index in [9.17, 15) is 13.2 Å². The maximum absolute atomic E-state index is 12.1. The molecule has 0 radical (unpaired) electrons. The van der Waals surface area contributed by atoms with Gasteiger partial charge in [-0.05, 0) is 0 Å². The van der Waals surface area contributed by atoms with E-state index in [1.807, 2.05) is 0 Å². The summed E-state index contributed by atoms with van der Waals surface area (Å²) in [6.45, 7) is 0. The van der Waals surface area contributed by atoms with Gasteiger partial charge in [0.25, 0.3) is 0 Å². The molecule has 1 rings (SSSR count). The fourth-order valence-electron chi connectivity index (χ4n) is 0.670. The van der Waals surface area contributed by atoms with Gasteiger partial charge in [-0.1, -0.05) is 12.2 Å². The first kappa shape index (κ1) is 8.98. The lowest BCUT2D eigenvalue weighted by Gasteiger charge is -2.04. The van der Waals surface area contributed by atoms with Crippen LogP contribution in [0.3, 0.4) is 0 Å². The molecule has 1 aromatic rings. The molecule has 0 amide bonds. The summed E-state index contributed by atoms with van der Waals surface area (Å²) in [7, 11) is 0. The summed E-state index contributed by atoms with van der Waals surface area (Å²) in [5, 5.41) is 7.58. The molecule has 0 saturated carbocycles. The third-order valence-electron chi connectivity index (χ3n) is 1.15. The number of hydrogen-bond donors (Lipinski definition) is 2. The van der Waals surface area contributed by atoms with E-state index < -0.39 is 11.7 Å². The number of thiocarbonyl (C=S) groups is 1. The fraction of sp³-hybridized carbons (Fsp3) is 0.200. The first-order chi connectivity index (χ1) is 5.55. The molecule has 12 heavy (non-hydrogen) atoms. The second-order valence-electron chi connectivity index (χ2n) is 1.92. The quantitative estimate of drug-likeness (QED) is 0.707. The first-order valence-electron chi connectivity index (χ1n) is 2.86. The van der Waals surface area contributed by atoms with Crippen LogP contribution in [0.4, 0.5) is 19.0 Å². The molecule has 0 saturated heterocycles. The number of nitrogens with zero attached hydrogens (tertiary/aromatic N) is 1. The topological polar surface area (TPSA) is 40.7 Å². The molecular weight excluding hydrogens is 191 g/mol. The summed E-state index contributed by atoms with van der Waals surface area (Å²) in [6, 6.07) is 0. The molecular formula is C5H4F3N3S. The summed E-state index contributed by atoms with van der Waals surface area (Å²) in [5.74, 6) is -0.238. The number of aromatic nitrogens is 2. The van der Waals surface area contributed by atoms with Crippen molar-refractivity contribution in [2.45, 2.75) is 6.18 Å². The van der Waals surface area contributed by atoms with Gasteiger partial charge in [0.1, 0.15) is 11.4 Å². The van der Waals surface area contributed by atoms with Crippen LogP contribution in [0.1, 0.15) is 5.56 Å². The van der Waals surface area contributed by atoms with Crippen LogP contribution in [-0.2, 0) is 6.18 Å². The van der Waals surface area contributed by atoms with Crippen molar-refractivity contribution in [1.82, 2.24) is 10.2 Å². The van der Waals surface area contributed by atoms with Crippen molar-refractivity contribution in [3.8, 4) is 0 Å². The lowest BCUT2D eigenvalue weighted by atomic mass is 10.3. The third-order valence-corrected chi connectivity index (χ3v) is 1.27. The summed E-state index contributed by atoms with van der Waals surface area (Å²) in [5.41, 5.74) is 0.117. The zero-order valence-electron chi connectivity index (χ0n) is 5.64. The number of aromatic amines is 1. The normalized spacial score (nSPS) is 11.2. The minimum atomic E-state index is -4.41. The number of H-pyrrole nitrogens is 1. The van der Waals surface area contributed by atoms with E-state index in [0.717, 1.165) is 5.49 Å². The van der Waals surface area contributed by atoms with Gasteiger partial charge in [-0.25, -0.2) is 0 Å². The largest absolute Gasteiger partial charge is 0.421 e.